The van der Waals surface area contributed by atoms with Crippen molar-refractivity contribution in [2.45, 2.75) is 39.0 Å². The topological polar surface area (TPSA) is 114 Å². The fourth-order valence-electron chi connectivity index (χ4n) is 2.51. The number of hydrogen-bond donors (Lipinski definition) is 3. The maximum absolute atomic E-state index is 12.3. The van der Waals surface area contributed by atoms with Crippen molar-refractivity contribution in [2.24, 2.45) is 0 Å². The number of amides is 3. The molecule has 0 saturated carbocycles. The van der Waals surface area contributed by atoms with Gasteiger partial charge in [-0.25, -0.2) is 0 Å². The second kappa shape index (κ2) is 11.9. The fraction of sp³-hybridized carbons (Fsp3) is 0.304. The quantitative estimate of drug-likeness (QED) is 0.496. The number of carbonyl (C=O) groups excluding carboxylic acids is 4. The second-order valence-electron chi connectivity index (χ2n) is 7.19. The molecule has 2 atom stereocenters. The Morgan fingerprint density at radius 2 is 1.34 bits per heavy atom. The highest BCUT2D eigenvalue weighted by molar-refractivity contribution is 8.01. The van der Waals surface area contributed by atoms with Gasteiger partial charge in [0.05, 0.1) is 5.75 Å². The molecule has 3 amide bonds. The molecule has 0 aliphatic heterocycles. The monoisotopic (exact) mass is 457 g/mol. The van der Waals surface area contributed by atoms with E-state index in [2.05, 4.69) is 16.0 Å². The van der Waals surface area contributed by atoms with Crippen molar-refractivity contribution in [3.8, 4) is 0 Å². The smallest absolute Gasteiger partial charge is 0.319 e. The Kier molecular flexibility index (Phi) is 9.27. The molecule has 0 bridgehead atoms. The number of thioether (sulfide) groups is 1. The molecule has 0 unspecified atom stereocenters. The van der Waals surface area contributed by atoms with Crippen molar-refractivity contribution >= 4 is 52.5 Å². The number of nitrogens with one attached hydrogen (secondary N) is 3. The summed E-state index contributed by atoms with van der Waals surface area (Å²) < 4.78 is 5.23. The maximum atomic E-state index is 12.3. The van der Waals surface area contributed by atoms with Crippen LogP contribution in [0.2, 0.25) is 0 Å². The van der Waals surface area contributed by atoms with Gasteiger partial charge < -0.3 is 20.7 Å². The summed E-state index contributed by atoms with van der Waals surface area (Å²) in [6.07, 6.45) is -1.01. The first-order valence-electron chi connectivity index (χ1n) is 10.0. The molecule has 0 aliphatic carbocycles. The average Bonchev–Trinajstić information content (AvgIpc) is 2.74. The van der Waals surface area contributed by atoms with Crippen LogP contribution < -0.4 is 16.0 Å². The van der Waals surface area contributed by atoms with E-state index in [-0.39, 0.29) is 17.6 Å². The zero-order valence-electron chi connectivity index (χ0n) is 18.4. The van der Waals surface area contributed by atoms with Gasteiger partial charge in [-0.05, 0) is 57.2 Å². The molecule has 2 aromatic carbocycles. The third kappa shape index (κ3) is 8.43. The van der Waals surface area contributed by atoms with Crippen LogP contribution >= 0.6 is 11.8 Å². The lowest BCUT2D eigenvalue weighted by molar-refractivity contribution is -0.152. The van der Waals surface area contributed by atoms with E-state index in [1.54, 1.807) is 31.2 Å². The molecule has 170 valence electrons. The van der Waals surface area contributed by atoms with Crippen molar-refractivity contribution in [1.82, 2.24) is 0 Å². The van der Waals surface area contributed by atoms with Crippen molar-refractivity contribution in [2.75, 3.05) is 21.7 Å². The lowest BCUT2D eigenvalue weighted by Crippen LogP contribution is -2.33. The normalized spacial score (nSPS) is 12.2. The Morgan fingerprint density at radius 3 is 1.91 bits per heavy atom. The standard InChI is InChI=1S/C23H27N3O5S/c1-14-5-7-19(8-6-14)25-21(28)13-32-16(3)23(30)31-15(2)22(29)26-20-11-9-18(10-12-20)24-17(4)27/h5-12,15-16H,13H2,1-4H3,(H,24,27)(H,25,28)(H,26,29)/t15-,16-/m0/s1. The van der Waals surface area contributed by atoms with Crippen LogP contribution in [-0.2, 0) is 23.9 Å². The van der Waals surface area contributed by atoms with Crippen LogP contribution in [0, 0.1) is 6.92 Å². The minimum atomic E-state index is -1.01. The summed E-state index contributed by atoms with van der Waals surface area (Å²) in [4.78, 5) is 47.7. The number of rotatable bonds is 9. The lowest BCUT2D eigenvalue weighted by Gasteiger charge is -2.16. The lowest BCUT2D eigenvalue weighted by atomic mass is 10.2. The van der Waals surface area contributed by atoms with Crippen molar-refractivity contribution in [1.29, 1.82) is 0 Å². The van der Waals surface area contributed by atoms with Crippen LogP contribution in [0.3, 0.4) is 0 Å². The minimum absolute atomic E-state index is 0.0748. The van der Waals surface area contributed by atoms with Crippen LogP contribution in [0.1, 0.15) is 26.3 Å². The average molecular weight is 458 g/mol. The molecular formula is C23H27N3O5S. The number of hydrogen-bond acceptors (Lipinski definition) is 6. The Balaban J connectivity index is 1.76. The first kappa shape index (κ1) is 24.9. The molecular weight excluding hydrogens is 430 g/mol. The zero-order valence-corrected chi connectivity index (χ0v) is 19.2. The molecule has 0 heterocycles. The summed E-state index contributed by atoms with van der Waals surface area (Å²) in [7, 11) is 0. The van der Waals surface area contributed by atoms with Gasteiger partial charge in [-0.15, -0.1) is 11.8 Å². The van der Waals surface area contributed by atoms with Gasteiger partial charge in [-0.2, -0.15) is 0 Å². The molecule has 2 aromatic rings. The number of anilines is 3. The van der Waals surface area contributed by atoms with Crippen molar-refractivity contribution in [3.63, 3.8) is 0 Å². The van der Waals surface area contributed by atoms with Crippen LogP contribution in [0.4, 0.5) is 17.1 Å². The van der Waals surface area contributed by atoms with E-state index < -0.39 is 23.2 Å². The molecule has 0 spiro atoms. The summed E-state index contributed by atoms with van der Waals surface area (Å²) in [5.74, 6) is -1.42. The van der Waals surface area contributed by atoms with Crippen LogP contribution in [0.15, 0.2) is 48.5 Å². The molecule has 8 nitrogen and oxygen atoms in total. The van der Waals surface area contributed by atoms with E-state index >= 15 is 0 Å². The molecule has 0 aliphatic rings. The number of ether oxygens (including phenoxy) is 1. The Hall–Kier alpha value is -3.33. The number of esters is 1. The van der Waals surface area contributed by atoms with E-state index in [1.165, 1.54) is 13.8 Å². The number of aryl methyl sites for hydroxylation is 1. The first-order valence-corrected chi connectivity index (χ1v) is 11.1. The third-order valence-electron chi connectivity index (χ3n) is 4.27. The second-order valence-corrected chi connectivity index (χ2v) is 8.52. The summed E-state index contributed by atoms with van der Waals surface area (Å²) in [6, 6.07) is 14.0. The van der Waals surface area contributed by atoms with Crippen LogP contribution in [-0.4, -0.2) is 40.8 Å². The summed E-state index contributed by atoms with van der Waals surface area (Å²) in [6.45, 7) is 6.46. The SMILES string of the molecule is CC(=O)Nc1ccc(NC(=O)[C@H](C)OC(=O)[C@H](C)SCC(=O)Nc2ccc(C)cc2)cc1. The molecule has 0 radical (unpaired) electrons. The van der Waals surface area contributed by atoms with E-state index in [4.69, 9.17) is 4.74 Å². The highest BCUT2D eigenvalue weighted by atomic mass is 32.2. The number of benzene rings is 2. The summed E-state index contributed by atoms with van der Waals surface area (Å²) in [5.41, 5.74) is 2.88. The molecule has 0 fully saturated rings. The summed E-state index contributed by atoms with van der Waals surface area (Å²) >= 11 is 1.13. The molecule has 32 heavy (non-hydrogen) atoms. The van der Waals surface area contributed by atoms with Gasteiger partial charge in [0.25, 0.3) is 5.91 Å². The minimum Gasteiger partial charge on any atom is -0.452 e. The molecule has 0 aromatic heterocycles. The molecule has 9 heteroatoms. The molecule has 2 rings (SSSR count). The van der Waals surface area contributed by atoms with Gasteiger partial charge in [-0.1, -0.05) is 17.7 Å². The Labute approximate surface area is 191 Å². The largest absolute Gasteiger partial charge is 0.452 e. The van der Waals surface area contributed by atoms with Gasteiger partial charge in [0, 0.05) is 24.0 Å². The zero-order chi connectivity index (χ0) is 23.7. The molecule has 3 N–H and O–H groups in total. The van der Waals surface area contributed by atoms with E-state index in [9.17, 15) is 19.2 Å². The van der Waals surface area contributed by atoms with E-state index in [0.717, 1.165) is 17.3 Å². The highest BCUT2D eigenvalue weighted by Gasteiger charge is 2.23. The molecule has 0 saturated heterocycles. The van der Waals surface area contributed by atoms with Gasteiger partial charge >= 0.3 is 5.97 Å². The van der Waals surface area contributed by atoms with E-state index in [1.807, 2.05) is 31.2 Å². The van der Waals surface area contributed by atoms with Crippen LogP contribution in [0.5, 0.6) is 0 Å². The van der Waals surface area contributed by atoms with Gasteiger partial charge in [0.2, 0.25) is 11.8 Å². The number of carbonyl (C=O) groups is 4. The Morgan fingerprint density at radius 1 is 0.844 bits per heavy atom. The summed E-state index contributed by atoms with van der Waals surface area (Å²) in [5, 5.41) is 7.42. The van der Waals surface area contributed by atoms with Gasteiger partial charge in [-0.3, -0.25) is 19.2 Å². The maximum Gasteiger partial charge on any atom is 0.319 e. The highest BCUT2D eigenvalue weighted by Crippen LogP contribution is 2.17. The predicted molar refractivity (Wildman–Crippen MR) is 127 cm³/mol. The van der Waals surface area contributed by atoms with Crippen LogP contribution in [0.25, 0.3) is 0 Å². The van der Waals surface area contributed by atoms with Gasteiger partial charge in [0.15, 0.2) is 6.10 Å². The predicted octanol–water partition coefficient (Wildman–Crippen LogP) is 3.58. The van der Waals surface area contributed by atoms with Crippen molar-refractivity contribution in [3.05, 3.63) is 54.1 Å². The third-order valence-corrected chi connectivity index (χ3v) is 5.39. The van der Waals surface area contributed by atoms with Crippen molar-refractivity contribution < 1.29 is 23.9 Å². The van der Waals surface area contributed by atoms with E-state index in [0.29, 0.717) is 17.1 Å². The van der Waals surface area contributed by atoms with Gasteiger partial charge in [0.1, 0.15) is 5.25 Å². The first-order chi connectivity index (χ1) is 15.1. The Bertz CT molecular complexity index is 961. The fourth-order valence-corrected chi connectivity index (χ4v) is 3.18.